The molecule has 2 aromatic carbocycles. The molecule has 0 bridgehead atoms. The summed E-state index contributed by atoms with van der Waals surface area (Å²) in [4.78, 5) is 28.5. The summed E-state index contributed by atoms with van der Waals surface area (Å²) in [5, 5.41) is 9.34. The van der Waals surface area contributed by atoms with E-state index in [1.807, 2.05) is 41.3 Å². The second kappa shape index (κ2) is 9.94. The minimum Gasteiger partial charge on any atom is -0.461 e. The van der Waals surface area contributed by atoms with E-state index in [9.17, 15) is 9.59 Å². The van der Waals surface area contributed by atoms with Gasteiger partial charge in [0.05, 0.1) is 5.56 Å². The van der Waals surface area contributed by atoms with Gasteiger partial charge in [-0.1, -0.05) is 29.8 Å². The lowest BCUT2D eigenvalue weighted by atomic mass is 10.1. The number of hydrogen-bond donors (Lipinski definition) is 2. The van der Waals surface area contributed by atoms with E-state index in [-0.39, 0.29) is 5.91 Å². The van der Waals surface area contributed by atoms with Gasteiger partial charge in [-0.2, -0.15) is 0 Å². The van der Waals surface area contributed by atoms with Gasteiger partial charge >= 0.3 is 0 Å². The first kappa shape index (κ1) is 22.6. The molecule has 1 aliphatic rings. The number of anilines is 1. The zero-order valence-electron chi connectivity index (χ0n) is 18.1. The van der Waals surface area contributed by atoms with Crippen molar-refractivity contribution in [2.75, 3.05) is 31.1 Å². The number of nitrogens with zero attached hydrogens (tertiary/aromatic N) is 2. The molecule has 2 heterocycles. The number of hydroxylamine groups is 1. The predicted octanol–water partition coefficient (Wildman–Crippen LogP) is 4.39. The molecule has 1 fully saturated rings. The third-order valence-corrected chi connectivity index (χ3v) is 5.90. The topological polar surface area (TPSA) is 86.0 Å². The number of halogens is 1. The van der Waals surface area contributed by atoms with E-state index in [1.54, 1.807) is 36.7 Å². The Kier molecular flexibility index (Phi) is 6.82. The zero-order chi connectivity index (χ0) is 23.4. The predicted molar refractivity (Wildman–Crippen MR) is 127 cm³/mol. The minimum absolute atomic E-state index is 0.0519. The molecular weight excluding hydrogens is 442 g/mol. The van der Waals surface area contributed by atoms with Gasteiger partial charge in [-0.25, -0.2) is 5.48 Å². The molecule has 0 radical (unpaired) electrons. The average molecular weight is 466 g/mol. The number of carbonyl (C=O) groups is 2. The van der Waals surface area contributed by atoms with E-state index in [0.29, 0.717) is 48.3 Å². The maximum Gasteiger partial charge on any atom is 0.267 e. The number of benzene rings is 2. The highest BCUT2D eigenvalue weighted by molar-refractivity contribution is 6.30. The molecule has 8 heteroatoms. The van der Waals surface area contributed by atoms with Gasteiger partial charge in [0.25, 0.3) is 11.8 Å². The number of piperazine rings is 1. The Morgan fingerprint density at radius 1 is 1.06 bits per heavy atom. The first-order valence-corrected chi connectivity index (χ1v) is 11.0. The molecule has 2 N–H and O–H groups in total. The van der Waals surface area contributed by atoms with E-state index < -0.39 is 5.91 Å². The standard InChI is InChI=1S/C25H24ClN3O4/c1-17-21(16-23(33-17)19-6-9-20(26)10-7-19)25(31)29-14-12-28(13-15-29)22-5-3-2-4-18(22)8-11-24(30)27-32/h2-11,16,32H,12-15H2,1H3,(H,27,30)/b11-8+. The molecule has 1 aliphatic heterocycles. The normalized spacial score (nSPS) is 14.0. The smallest absolute Gasteiger partial charge is 0.267 e. The van der Waals surface area contributed by atoms with Crippen LogP contribution in [-0.2, 0) is 4.79 Å². The first-order chi connectivity index (χ1) is 16.0. The molecule has 170 valence electrons. The van der Waals surface area contributed by atoms with E-state index in [4.69, 9.17) is 21.2 Å². The largest absolute Gasteiger partial charge is 0.461 e. The average Bonchev–Trinajstić information content (AvgIpc) is 3.24. The Bertz CT molecular complexity index is 1180. The van der Waals surface area contributed by atoms with Gasteiger partial charge in [-0.15, -0.1) is 0 Å². The number of rotatable bonds is 5. The van der Waals surface area contributed by atoms with Crippen LogP contribution in [-0.4, -0.2) is 48.1 Å². The zero-order valence-corrected chi connectivity index (χ0v) is 18.9. The monoisotopic (exact) mass is 465 g/mol. The Hall–Kier alpha value is -3.55. The van der Waals surface area contributed by atoms with Crippen LogP contribution >= 0.6 is 11.6 Å². The Labute approximate surface area is 196 Å². The van der Waals surface area contributed by atoms with Crippen molar-refractivity contribution in [1.82, 2.24) is 10.4 Å². The van der Waals surface area contributed by atoms with Crippen molar-refractivity contribution < 1.29 is 19.2 Å². The van der Waals surface area contributed by atoms with Gasteiger partial charge < -0.3 is 14.2 Å². The summed E-state index contributed by atoms with van der Waals surface area (Å²) in [6, 6.07) is 16.8. The fourth-order valence-corrected chi connectivity index (χ4v) is 4.02. The highest BCUT2D eigenvalue weighted by Crippen LogP contribution is 2.28. The number of hydrogen-bond acceptors (Lipinski definition) is 5. The maximum absolute atomic E-state index is 13.2. The van der Waals surface area contributed by atoms with Crippen LogP contribution in [0.25, 0.3) is 17.4 Å². The van der Waals surface area contributed by atoms with Crippen LogP contribution in [0.2, 0.25) is 5.02 Å². The Morgan fingerprint density at radius 2 is 1.76 bits per heavy atom. The molecule has 1 aromatic heterocycles. The number of amides is 2. The Morgan fingerprint density at radius 3 is 2.45 bits per heavy atom. The highest BCUT2D eigenvalue weighted by atomic mass is 35.5. The molecule has 0 unspecified atom stereocenters. The van der Waals surface area contributed by atoms with Crippen LogP contribution in [0.15, 0.2) is 65.1 Å². The summed E-state index contributed by atoms with van der Waals surface area (Å²) in [5.74, 6) is 0.585. The van der Waals surface area contributed by atoms with Crippen LogP contribution in [0.5, 0.6) is 0 Å². The third kappa shape index (κ3) is 5.10. The van der Waals surface area contributed by atoms with Crippen molar-refractivity contribution in [3.05, 3.63) is 82.6 Å². The van der Waals surface area contributed by atoms with Crippen molar-refractivity contribution in [2.24, 2.45) is 0 Å². The third-order valence-electron chi connectivity index (χ3n) is 5.65. The van der Waals surface area contributed by atoms with Crippen molar-refractivity contribution >= 4 is 35.2 Å². The fourth-order valence-electron chi connectivity index (χ4n) is 3.89. The highest BCUT2D eigenvalue weighted by Gasteiger charge is 2.26. The van der Waals surface area contributed by atoms with Crippen molar-refractivity contribution in [3.8, 4) is 11.3 Å². The summed E-state index contributed by atoms with van der Waals surface area (Å²) in [5.41, 5.74) is 4.85. The van der Waals surface area contributed by atoms with Gasteiger partial charge in [0.2, 0.25) is 0 Å². The number of carbonyl (C=O) groups excluding carboxylic acids is 2. The second-order valence-electron chi connectivity index (χ2n) is 7.73. The van der Waals surface area contributed by atoms with Crippen molar-refractivity contribution in [3.63, 3.8) is 0 Å². The SMILES string of the molecule is Cc1oc(-c2ccc(Cl)cc2)cc1C(=O)N1CCN(c2ccccc2/C=C/C(=O)NO)CC1. The molecule has 33 heavy (non-hydrogen) atoms. The lowest BCUT2D eigenvalue weighted by Crippen LogP contribution is -2.49. The minimum atomic E-state index is -0.589. The molecule has 0 spiro atoms. The number of aryl methyl sites for hydroxylation is 1. The molecule has 0 atom stereocenters. The number of furan rings is 1. The summed E-state index contributed by atoms with van der Waals surface area (Å²) in [7, 11) is 0. The van der Waals surface area contributed by atoms with E-state index in [0.717, 1.165) is 16.8 Å². The Balaban J connectivity index is 1.45. The maximum atomic E-state index is 13.2. The van der Waals surface area contributed by atoms with E-state index >= 15 is 0 Å². The fraction of sp³-hybridized carbons (Fsp3) is 0.200. The van der Waals surface area contributed by atoms with Gasteiger partial charge in [-0.05, 0) is 55.0 Å². The van der Waals surface area contributed by atoms with Crippen molar-refractivity contribution in [2.45, 2.75) is 6.92 Å². The molecule has 0 saturated carbocycles. The van der Waals surface area contributed by atoms with Gasteiger partial charge in [0, 0.05) is 48.5 Å². The molecule has 3 aromatic rings. The second-order valence-corrected chi connectivity index (χ2v) is 8.17. The van der Waals surface area contributed by atoms with E-state index in [1.165, 1.54) is 6.08 Å². The lowest BCUT2D eigenvalue weighted by Gasteiger charge is -2.36. The van der Waals surface area contributed by atoms with Crippen LogP contribution in [0.1, 0.15) is 21.7 Å². The van der Waals surface area contributed by atoms with E-state index in [2.05, 4.69) is 4.90 Å². The van der Waals surface area contributed by atoms with Crippen LogP contribution in [0.4, 0.5) is 5.69 Å². The number of nitrogens with one attached hydrogen (secondary N) is 1. The molecule has 1 saturated heterocycles. The number of para-hydroxylation sites is 1. The first-order valence-electron chi connectivity index (χ1n) is 10.6. The molecule has 7 nitrogen and oxygen atoms in total. The van der Waals surface area contributed by atoms with Crippen LogP contribution in [0.3, 0.4) is 0 Å². The van der Waals surface area contributed by atoms with Gasteiger partial charge in [0.15, 0.2) is 0 Å². The lowest BCUT2D eigenvalue weighted by molar-refractivity contribution is -0.124. The van der Waals surface area contributed by atoms with Crippen molar-refractivity contribution in [1.29, 1.82) is 0 Å². The molecule has 2 amide bonds. The summed E-state index contributed by atoms with van der Waals surface area (Å²) >= 11 is 5.96. The van der Waals surface area contributed by atoms with Gasteiger partial charge in [0.1, 0.15) is 11.5 Å². The summed E-state index contributed by atoms with van der Waals surface area (Å²) < 4.78 is 5.86. The summed E-state index contributed by atoms with van der Waals surface area (Å²) in [6.07, 6.45) is 2.93. The van der Waals surface area contributed by atoms with Gasteiger partial charge in [-0.3, -0.25) is 14.8 Å². The van der Waals surface area contributed by atoms with Crippen LogP contribution in [0, 0.1) is 6.92 Å². The summed E-state index contributed by atoms with van der Waals surface area (Å²) in [6.45, 7) is 4.24. The molecule has 4 rings (SSSR count). The quantitative estimate of drug-likeness (QED) is 0.331. The van der Waals surface area contributed by atoms with Crippen LogP contribution < -0.4 is 10.4 Å². The molecule has 0 aliphatic carbocycles. The molecular formula is C25H24ClN3O4.